The Bertz CT molecular complexity index is 459. The van der Waals surface area contributed by atoms with Gasteiger partial charge in [0.25, 0.3) is 0 Å². The highest BCUT2D eigenvalue weighted by molar-refractivity contribution is 5.34. The number of hydrogen-bond acceptors (Lipinski definition) is 4. The molecule has 0 bridgehead atoms. The maximum Gasteiger partial charge on any atom is 0.235 e. The molecule has 128 valence electrons. The van der Waals surface area contributed by atoms with Crippen LogP contribution in [0, 0.1) is 29.1 Å². The molecule has 6 unspecified atom stereocenters. The zero-order valence-corrected chi connectivity index (χ0v) is 14.9. The van der Waals surface area contributed by atoms with Crippen LogP contribution < -0.4 is 0 Å². The number of carbonyl (C=O) groups excluding carboxylic acids is 2. The fraction of sp³-hybridized carbons (Fsp3) is 0.895. The molecular formula is C19H30N2O2. The van der Waals surface area contributed by atoms with Crippen molar-refractivity contribution < 1.29 is 9.59 Å². The van der Waals surface area contributed by atoms with Gasteiger partial charge >= 0.3 is 0 Å². The molecule has 0 N–H and O–H groups in total. The predicted molar refractivity (Wildman–Crippen MR) is 90.6 cm³/mol. The molecule has 2 aliphatic carbocycles. The lowest BCUT2D eigenvalue weighted by Crippen LogP contribution is -2.41. The molecule has 6 atom stereocenters. The number of rotatable bonds is 4. The third-order valence-corrected chi connectivity index (χ3v) is 6.79. The van der Waals surface area contributed by atoms with Gasteiger partial charge in [0, 0.05) is 0 Å². The highest BCUT2D eigenvalue weighted by Gasteiger charge is 2.43. The van der Waals surface area contributed by atoms with Gasteiger partial charge in [-0.3, -0.25) is 0 Å². The minimum Gasteiger partial charge on any atom is -0.211 e. The molecule has 4 nitrogen and oxygen atoms in total. The molecule has 23 heavy (non-hydrogen) atoms. The predicted octanol–water partition coefficient (Wildman–Crippen LogP) is 4.29. The summed E-state index contributed by atoms with van der Waals surface area (Å²) in [6.45, 7) is 9.25. The smallest absolute Gasteiger partial charge is 0.211 e. The molecule has 2 aliphatic rings. The van der Waals surface area contributed by atoms with Gasteiger partial charge in [-0.1, -0.05) is 27.7 Å². The minimum absolute atomic E-state index is 0.163. The van der Waals surface area contributed by atoms with Crippen LogP contribution >= 0.6 is 0 Å². The summed E-state index contributed by atoms with van der Waals surface area (Å²) in [5.41, 5.74) is 0.286. The van der Waals surface area contributed by atoms with E-state index < -0.39 is 0 Å². The van der Waals surface area contributed by atoms with E-state index in [0.717, 1.165) is 38.5 Å². The second kappa shape index (κ2) is 7.55. The van der Waals surface area contributed by atoms with E-state index in [1.54, 1.807) is 12.2 Å². The molecule has 0 aromatic heterocycles. The van der Waals surface area contributed by atoms with Crippen molar-refractivity contribution in [1.82, 2.24) is 0 Å². The minimum atomic E-state index is 0.163. The van der Waals surface area contributed by atoms with Crippen LogP contribution in [0.1, 0.15) is 66.2 Å². The van der Waals surface area contributed by atoms with E-state index in [9.17, 15) is 9.59 Å². The average Bonchev–Trinajstić information content (AvgIpc) is 2.51. The summed E-state index contributed by atoms with van der Waals surface area (Å²) in [6, 6.07) is 0.326. The lowest BCUT2D eigenvalue weighted by atomic mass is 9.58. The second-order valence-corrected chi connectivity index (χ2v) is 8.37. The molecule has 0 aromatic carbocycles. The van der Waals surface area contributed by atoms with Gasteiger partial charge in [-0.2, -0.15) is 0 Å². The van der Waals surface area contributed by atoms with Crippen LogP contribution in [0.5, 0.6) is 0 Å². The summed E-state index contributed by atoms with van der Waals surface area (Å²) in [7, 11) is 0. The number of isocyanates is 2. The van der Waals surface area contributed by atoms with E-state index in [1.165, 1.54) is 0 Å². The summed E-state index contributed by atoms with van der Waals surface area (Å²) in [5, 5.41) is 0. The fourth-order valence-electron chi connectivity index (χ4n) is 4.96. The third kappa shape index (κ3) is 4.00. The summed E-state index contributed by atoms with van der Waals surface area (Å²) >= 11 is 0. The molecule has 0 amide bonds. The molecule has 0 saturated heterocycles. The zero-order valence-electron chi connectivity index (χ0n) is 14.9. The first kappa shape index (κ1) is 18.1. The van der Waals surface area contributed by atoms with Gasteiger partial charge in [0.05, 0.1) is 12.1 Å². The summed E-state index contributed by atoms with van der Waals surface area (Å²) in [6.07, 6.45) is 10.1. The van der Waals surface area contributed by atoms with Gasteiger partial charge in [0.2, 0.25) is 12.2 Å². The Morgan fingerprint density at radius 2 is 1.17 bits per heavy atom. The highest BCUT2D eigenvalue weighted by atomic mass is 16.1. The number of hydrogen-bond donors (Lipinski definition) is 0. The average molecular weight is 318 g/mol. The SMILES string of the molecule is CC1CC(C(C)(C)C2CCC(N=C=O)C(C)C2)CCC1N=C=O. The molecule has 4 heteroatoms. The Kier molecular flexibility index (Phi) is 5.95. The highest BCUT2D eigenvalue weighted by Crippen LogP contribution is 2.50. The van der Waals surface area contributed by atoms with Gasteiger partial charge in [-0.05, 0) is 67.6 Å². The van der Waals surface area contributed by atoms with Crippen molar-refractivity contribution in [3.8, 4) is 0 Å². The third-order valence-electron chi connectivity index (χ3n) is 6.79. The topological polar surface area (TPSA) is 58.9 Å². The van der Waals surface area contributed by atoms with E-state index in [2.05, 4.69) is 37.7 Å². The Morgan fingerprint density at radius 1 is 0.783 bits per heavy atom. The van der Waals surface area contributed by atoms with E-state index in [0.29, 0.717) is 23.7 Å². The van der Waals surface area contributed by atoms with Crippen molar-refractivity contribution in [2.45, 2.75) is 78.3 Å². The van der Waals surface area contributed by atoms with Crippen LogP contribution in [-0.2, 0) is 9.59 Å². The standard InChI is InChI=1S/C19H30N2O2/c1-13-9-15(5-7-17(13)20-11-22)19(3,4)16-6-8-18(21-12-23)14(2)10-16/h13-18H,5-10H2,1-4H3. The molecule has 0 spiro atoms. The molecule has 0 aromatic rings. The van der Waals surface area contributed by atoms with Gasteiger partial charge in [0.1, 0.15) is 0 Å². The lowest BCUT2D eigenvalue weighted by Gasteiger charge is -2.48. The van der Waals surface area contributed by atoms with E-state index in [-0.39, 0.29) is 17.5 Å². The Morgan fingerprint density at radius 3 is 1.48 bits per heavy atom. The van der Waals surface area contributed by atoms with Gasteiger partial charge < -0.3 is 0 Å². The summed E-state index contributed by atoms with van der Waals surface area (Å²) < 4.78 is 0. The maximum absolute atomic E-state index is 10.5. The van der Waals surface area contributed by atoms with E-state index in [4.69, 9.17) is 0 Å². The quantitative estimate of drug-likeness (QED) is 0.573. The van der Waals surface area contributed by atoms with E-state index >= 15 is 0 Å². The molecule has 2 rings (SSSR count). The van der Waals surface area contributed by atoms with Crippen molar-refractivity contribution in [2.75, 3.05) is 0 Å². The van der Waals surface area contributed by atoms with Crippen molar-refractivity contribution in [3.63, 3.8) is 0 Å². The Hall–Kier alpha value is -1.24. The zero-order chi connectivity index (χ0) is 17.0. The van der Waals surface area contributed by atoms with Crippen LogP contribution in [-0.4, -0.2) is 24.2 Å². The first-order valence-electron chi connectivity index (χ1n) is 9.04. The van der Waals surface area contributed by atoms with Gasteiger partial charge in [-0.15, -0.1) is 0 Å². The van der Waals surface area contributed by atoms with Crippen molar-refractivity contribution in [3.05, 3.63) is 0 Å². The van der Waals surface area contributed by atoms with Crippen LogP contribution in [0.15, 0.2) is 9.98 Å². The molecule has 0 radical (unpaired) electrons. The number of nitrogens with zero attached hydrogens (tertiary/aromatic N) is 2. The van der Waals surface area contributed by atoms with E-state index in [1.807, 2.05) is 0 Å². The van der Waals surface area contributed by atoms with Gasteiger partial charge in [0.15, 0.2) is 0 Å². The molecule has 0 aliphatic heterocycles. The monoisotopic (exact) mass is 318 g/mol. The summed E-state index contributed by atoms with van der Waals surface area (Å²) in [4.78, 5) is 29.0. The molecule has 2 saturated carbocycles. The first-order chi connectivity index (χ1) is 10.9. The van der Waals surface area contributed by atoms with Crippen molar-refractivity contribution in [2.24, 2.45) is 39.1 Å². The van der Waals surface area contributed by atoms with Crippen LogP contribution in [0.25, 0.3) is 0 Å². The van der Waals surface area contributed by atoms with Crippen LogP contribution in [0.4, 0.5) is 0 Å². The number of aliphatic imine (C=N–C) groups is 2. The lowest BCUT2D eigenvalue weighted by molar-refractivity contribution is 0.0264. The van der Waals surface area contributed by atoms with Crippen molar-refractivity contribution in [1.29, 1.82) is 0 Å². The molecule has 0 heterocycles. The summed E-state index contributed by atoms with van der Waals surface area (Å²) in [5.74, 6) is 2.28. The fourth-order valence-corrected chi connectivity index (χ4v) is 4.96. The van der Waals surface area contributed by atoms with Gasteiger partial charge in [-0.25, -0.2) is 19.6 Å². The van der Waals surface area contributed by atoms with Crippen molar-refractivity contribution >= 4 is 12.2 Å². The maximum atomic E-state index is 10.5. The largest absolute Gasteiger partial charge is 0.235 e. The van der Waals surface area contributed by atoms with Crippen LogP contribution in [0.2, 0.25) is 0 Å². The second-order valence-electron chi connectivity index (χ2n) is 8.37. The molecule has 2 fully saturated rings. The first-order valence-corrected chi connectivity index (χ1v) is 9.04. The molecular weight excluding hydrogens is 288 g/mol. The normalized spacial score (nSPS) is 38.3. The van der Waals surface area contributed by atoms with Crippen LogP contribution in [0.3, 0.4) is 0 Å². The Labute approximate surface area is 139 Å². The Balaban J connectivity index is 2.02.